The number of rotatable bonds is 59. The number of esters is 4. The quantitative estimate of drug-likeness (QED) is 0.0222. The molecule has 5 atom stereocenters. The number of ether oxygens (including phenoxy) is 4. The molecule has 2 unspecified atom stereocenters. The summed E-state index contributed by atoms with van der Waals surface area (Å²) in [7, 11) is -9.87. The van der Waals surface area contributed by atoms with Gasteiger partial charge in [0.2, 0.25) is 0 Å². The molecule has 3 N–H and O–H groups in total. The lowest BCUT2D eigenvalue weighted by molar-refractivity contribution is -0.161. The Bertz CT molecular complexity index is 1530. The topological polar surface area (TPSA) is 237 Å². The first-order valence-corrected chi connectivity index (χ1v) is 34.1. The molecule has 0 saturated heterocycles. The summed E-state index contributed by atoms with van der Waals surface area (Å²) in [4.78, 5) is 71.7. The largest absolute Gasteiger partial charge is 0.472 e. The third kappa shape index (κ3) is 53.4. The van der Waals surface area contributed by atoms with Crippen LogP contribution in [0.2, 0.25) is 0 Å². The lowest BCUT2D eigenvalue weighted by atomic mass is 10.0. The molecule has 0 spiro atoms. The molecule has 462 valence electrons. The summed E-state index contributed by atoms with van der Waals surface area (Å²) in [5, 5.41) is 10.5. The molecule has 0 aliphatic rings. The molecule has 19 heteroatoms. The van der Waals surface area contributed by atoms with Gasteiger partial charge in [-0.3, -0.25) is 37.3 Å². The zero-order valence-corrected chi connectivity index (χ0v) is 51.6. The van der Waals surface area contributed by atoms with E-state index >= 15 is 0 Å². The fourth-order valence-corrected chi connectivity index (χ4v) is 10.3. The van der Waals surface area contributed by atoms with Gasteiger partial charge in [0.25, 0.3) is 0 Å². The van der Waals surface area contributed by atoms with Crippen LogP contribution in [-0.2, 0) is 65.4 Å². The van der Waals surface area contributed by atoms with Crippen LogP contribution < -0.4 is 0 Å². The van der Waals surface area contributed by atoms with Crippen LogP contribution in [0.3, 0.4) is 0 Å². The molecule has 0 bridgehead atoms. The number of aliphatic hydroxyl groups is 1. The predicted octanol–water partition coefficient (Wildman–Crippen LogP) is 15.8. The third-order valence-electron chi connectivity index (χ3n) is 13.5. The Balaban J connectivity index is 5.19. The van der Waals surface area contributed by atoms with E-state index in [1.807, 2.05) is 0 Å². The summed E-state index contributed by atoms with van der Waals surface area (Å²) in [6.45, 7) is 7.06. The molecule has 0 aromatic rings. The van der Waals surface area contributed by atoms with Gasteiger partial charge >= 0.3 is 39.5 Å². The van der Waals surface area contributed by atoms with E-state index in [2.05, 4.69) is 34.6 Å². The highest BCUT2D eigenvalue weighted by Crippen LogP contribution is 2.45. The third-order valence-corrected chi connectivity index (χ3v) is 15.4. The van der Waals surface area contributed by atoms with Crippen molar-refractivity contribution in [1.82, 2.24) is 0 Å². The van der Waals surface area contributed by atoms with Gasteiger partial charge in [-0.05, 0) is 31.6 Å². The second-order valence-electron chi connectivity index (χ2n) is 21.9. The van der Waals surface area contributed by atoms with E-state index in [0.717, 1.165) is 121 Å². The van der Waals surface area contributed by atoms with Crippen molar-refractivity contribution in [3.05, 3.63) is 0 Å². The molecule has 0 aromatic heterocycles. The maximum atomic E-state index is 12.9. The molecular formula is C59H114O17P2. The van der Waals surface area contributed by atoms with Gasteiger partial charge in [0.1, 0.15) is 19.3 Å². The van der Waals surface area contributed by atoms with Crippen LogP contribution in [0.4, 0.5) is 0 Å². The van der Waals surface area contributed by atoms with Gasteiger partial charge in [0.05, 0.1) is 26.4 Å². The van der Waals surface area contributed by atoms with Crippen LogP contribution in [0.5, 0.6) is 0 Å². The number of carbonyl (C=O) groups excluding carboxylic acids is 4. The van der Waals surface area contributed by atoms with Gasteiger partial charge in [-0.1, -0.05) is 240 Å². The summed E-state index contributed by atoms with van der Waals surface area (Å²) in [5.74, 6) is -1.40. The SMILES string of the molecule is CCCCCCCCCCCCCC(=O)OC[C@H](COP(=O)(O)OC[C@@H](O)COP(=O)(O)OC[C@@H](COC(=O)CCCCCCCCC)OC(=O)CCCCCCCCC)OC(=O)CCCCCCCCCCCCC(C)C. The smallest absolute Gasteiger partial charge is 0.462 e. The molecule has 0 rings (SSSR count). The van der Waals surface area contributed by atoms with Crippen molar-refractivity contribution in [3.63, 3.8) is 0 Å². The van der Waals surface area contributed by atoms with E-state index in [1.54, 1.807) is 0 Å². The molecule has 0 heterocycles. The Hall–Kier alpha value is -1.94. The first-order chi connectivity index (χ1) is 37.5. The van der Waals surface area contributed by atoms with Crippen molar-refractivity contribution in [1.29, 1.82) is 0 Å². The average molecular weight is 1160 g/mol. The first-order valence-electron chi connectivity index (χ1n) is 31.1. The first kappa shape index (κ1) is 76.1. The van der Waals surface area contributed by atoms with Gasteiger partial charge in [-0.2, -0.15) is 0 Å². The van der Waals surface area contributed by atoms with Crippen LogP contribution in [0.15, 0.2) is 0 Å². The minimum Gasteiger partial charge on any atom is -0.462 e. The fraction of sp³-hybridized carbons (Fsp3) is 0.932. The fourth-order valence-electron chi connectivity index (χ4n) is 8.70. The molecule has 78 heavy (non-hydrogen) atoms. The van der Waals surface area contributed by atoms with Crippen LogP contribution in [-0.4, -0.2) is 96.7 Å². The number of carbonyl (C=O) groups is 4. The van der Waals surface area contributed by atoms with E-state index in [9.17, 15) is 43.2 Å². The molecular weight excluding hydrogens is 1040 g/mol. The van der Waals surface area contributed by atoms with Crippen LogP contribution in [0.25, 0.3) is 0 Å². The van der Waals surface area contributed by atoms with Gasteiger partial charge < -0.3 is 33.8 Å². The molecule has 0 aliphatic heterocycles. The molecule has 0 aliphatic carbocycles. The van der Waals surface area contributed by atoms with Crippen LogP contribution >= 0.6 is 15.6 Å². The van der Waals surface area contributed by atoms with Crippen molar-refractivity contribution >= 4 is 39.5 Å². The van der Waals surface area contributed by atoms with Crippen molar-refractivity contribution < 1.29 is 80.2 Å². The summed E-state index contributed by atoms with van der Waals surface area (Å²) in [5.41, 5.74) is 0. The molecule has 0 amide bonds. The van der Waals surface area contributed by atoms with E-state index in [1.165, 1.54) is 89.9 Å². The second kappa shape index (κ2) is 53.1. The molecule has 0 radical (unpaired) electrons. The van der Waals surface area contributed by atoms with Gasteiger partial charge in [0.15, 0.2) is 12.2 Å². The Morgan fingerprint density at radius 3 is 0.872 bits per heavy atom. The molecule has 0 fully saturated rings. The minimum atomic E-state index is -4.94. The maximum Gasteiger partial charge on any atom is 0.472 e. The normalized spacial score (nSPS) is 14.4. The van der Waals surface area contributed by atoms with Crippen LogP contribution in [0.1, 0.15) is 291 Å². The maximum absolute atomic E-state index is 12.9. The van der Waals surface area contributed by atoms with Gasteiger partial charge in [-0.25, -0.2) is 9.13 Å². The number of phosphoric ester groups is 2. The second-order valence-corrected chi connectivity index (χ2v) is 24.8. The minimum absolute atomic E-state index is 0.103. The monoisotopic (exact) mass is 1160 g/mol. The summed E-state index contributed by atoms with van der Waals surface area (Å²) in [6, 6.07) is 0. The molecule has 0 aromatic carbocycles. The van der Waals surface area contributed by atoms with E-state index in [0.29, 0.717) is 25.7 Å². The Labute approximate surface area is 473 Å². The summed E-state index contributed by atoms with van der Waals surface area (Å²) >= 11 is 0. The lowest BCUT2D eigenvalue weighted by Crippen LogP contribution is -2.30. The number of unbranched alkanes of at least 4 members (excludes halogenated alkanes) is 31. The Kier molecular flexibility index (Phi) is 51.8. The number of aliphatic hydroxyl groups excluding tert-OH is 1. The number of hydrogen-bond acceptors (Lipinski definition) is 15. The van der Waals surface area contributed by atoms with Crippen LogP contribution in [0, 0.1) is 5.92 Å². The lowest BCUT2D eigenvalue weighted by Gasteiger charge is -2.21. The van der Waals surface area contributed by atoms with Crippen molar-refractivity contribution in [3.8, 4) is 0 Å². The van der Waals surface area contributed by atoms with Gasteiger partial charge in [0, 0.05) is 25.7 Å². The Morgan fingerprint density at radius 2 is 0.590 bits per heavy atom. The predicted molar refractivity (Wildman–Crippen MR) is 308 cm³/mol. The average Bonchev–Trinajstić information content (AvgIpc) is 3.40. The van der Waals surface area contributed by atoms with E-state index < -0.39 is 97.5 Å². The Morgan fingerprint density at radius 1 is 0.346 bits per heavy atom. The van der Waals surface area contributed by atoms with E-state index in [4.69, 9.17) is 37.0 Å². The highest BCUT2D eigenvalue weighted by atomic mass is 31.2. The molecule has 17 nitrogen and oxygen atoms in total. The molecule has 0 saturated carbocycles. The standard InChI is InChI=1S/C59H114O17P2/c1-6-9-12-15-18-19-20-24-29-33-38-43-57(62)70-49-55(76-59(64)45-40-35-30-25-22-21-23-28-31-36-41-52(4)5)51-74-78(67,68)72-47-53(60)46-71-77(65,66)73-50-54(75-58(63)44-39-34-27-17-14-11-8-3)48-69-56(61)42-37-32-26-16-13-10-7-2/h52-55,60H,6-51H2,1-5H3,(H,65,66)(H,67,68)/t53-,54+,55+/m0/s1. The van der Waals surface area contributed by atoms with Crippen molar-refractivity contribution in [2.45, 2.75) is 310 Å². The van der Waals surface area contributed by atoms with Crippen molar-refractivity contribution in [2.24, 2.45) is 5.92 Å². The number of phosphoric acid groups is 2. The van der Waals surface area contributed by atoms with Gasteiger partial charge in [-0.15, -0.1) is 0 Å². The number of hydrogen-bond donors (Lipinski definition) is 3. The highest BCUT2D eigenvalue weighted by Gasteiger charge is 2.30. The van der Waals surface area contributed by atoms with E-state index in [-0.39, 0.29) is 25.7 Å². The summed E-state index contributed by atoms with van der Waals surface area (Å²) in [6.07, 6.45) is 35.0. The summed E-state index contributed by atoms with van der Waals surface area (Å²) < 4.78 is 67.6. The van der Waals surface area contributed by atoms with Crippen molar-refractivity contribution in [2.75, 3.05) is 39.6 Å². The zero-order valence-electron chi connectivity index (χ0n) is 49.8. The highest BCUT2D eigenvalue weighted by molar-refractivity contribution is 7.47. The zero-order chi connectivity index (χ0) is 57.8.